The minimum Gasteiger partial charge on any atom is -0.497 e. The van der Waals surface area contributed by atoms with Gasteiger partial charge in [-0.15, -0.1) is 0 Å². The van der Waals surface area contributed by atoms with Crippen LogP contribution in [-0.4, -0.2) is 51.0 Å². The van der Waals surface area contributed by atoms with Gasteiger partial charge in [-0.1, -0.05) is 6.07 Å². The van der Waals surface area contributed by atoms with E-state index in [9.17, 15) is 13.2 Å². The summed E-state index contributed by atoms with van der Waals surface area (Å²) in [5, 5.41) is 0. The van der Waals surface area contributed by atoms with Crippen molar-refractivity contribution in [3.05, 3.63) is 47.9 Å². The van der Waals surface area contributed by atoms with Crippen molar-refractivity contribution in [2.24, 2.45) is 0 Å². The zero-order chi connectivity index (χ0) is 19.4. The highest BCUT2D eigenvalue weighted by molar-refractivity contribution is 7.91. The molecule has 3 rings (SSSR count). The lowest BCUT2D eigenvalue weighted by Crippen LogP contribution is -2.41. The molecule has 2 aromatic rings. The molecule has 27 heavy (non-hydrogen) atoms. The van der Waals surface area contributed by atoms with Gasteiger partial charge in [0.1, 0.15) is 17.3 Å². The number of methoxy groups -OCH3 is 2. The van der Waals surface area contributed by atoms with Gasteiger partial charge in [-0.05, 0) is 24.6 Å². The largest absolute Gasteiger partial charge is 0.497 e. The monoisotopic (exact) mass is 393 g/mol. The van der Waals surface area contributed by atoms with Crippen molar-refractivity contribution in [2.45, 2.75) is 25.4 Å². The topological polar surface area (TPSA) is 86.0 Å². The van der Waals surface area contributed by atoms with Crippen LogP contribution < -0.4 is 9.47 Å². The highest BCUT2D eigenvalue weighted by Gasteiger charge is 2.35. The van der Waals surface area contributed by atoms with Gasteiger partial charge in [0.05, 0.1) is 45.0 Å². The Labute approximate surface area is 158 Å². The fourth-order valence-electron chi connectivity index (χ4n) is 3.27. The molecule has 0 aliphatic carbocycles. The van der Waals surface area contributed by atoms with E-state index in [1.807, 2.05) is 0 Å². The molecule has 0 N–H and O–H groups in total. The Kier molecular flexibility index (Phi) is 5.74. The van der Waals surface area contributed by atoms with Gasteiger partial charge in [0.25, 0.3) is 0 Å². The number of hydrogen-bond donors (Lipinski definition) is 0. The number of benzene rings is 1. The summed E-state index contributed by atoms with van der Waals surface area (Å²) in [4.78, 5) is 14.7. The van der Waals surface area contributed by atoms with Crippen molar-refractivity contribution < 1.29 is 27.1 Å². The maximum absolute atomic E-state index is 13.1. The summed E-state index contributed by atoms with van der Waals surface area (Å²) in [5.74, 6) is 1.73. The number of sulfone groups is 1. The summed E-state index contributed by atoms with van der Waals surface area (Å²) in [5.41, 5.74) is 0.716. The molecule has 7 nitrogen and oxygen atoms in total. The molecule has 0 bridgehead atoms. The van der Waals surface area contributed by atoms with E-state index in [0.717, 1.165) is 0 Å². The predicted molar refractivity (Wildman–Crippen MR) is 99.6 cm³/mol. The summed E-state index contributed by atoms with van der Waals surface area (Å²) >= 11 is 0. The van der Waals surface area contributed by atoms with Gasteiger partial charge < -0.3 is 18.8 Å². The van der Waals surface area contributed by atoms with E-state index >= 15 is 0 Å². The van der Waals surface area contributed by atoms with Crippen LogP contribution in [0.3, 0.4) is 0 Å². The predicted octanol–water partition coefficient (Wildman–Crippen LogP) is 2.06. The highest BCUT2D eigenvalue weighted by Crippen LogP contribution is 2.27. The number of furan rings is 1. The van der Waals surface area contributed by atoms with E-state index in [-0.39, 0.29) is 36.4 Å². The lowest BCUT2D eigenvalue weighted by molar-refractivity contribution is -0.133. The SMILES string of the molecule is COc1ccc(CC(=O)N(Cc2ccco2)[C@H]2CCS(=O)(=O)C2)c(OC)c1. The summed E-state index contributed by atoms with van der Waals surface area (Å²) < 4.78 is 39.7. The molecule has 0 unspecified atom stereocenters. The van der Waals surface area contributed by atoms with E-state index in [1.165, 1.54) is 13.4 Å². The third-order valence-corrected chi connectivity index (χ3v) is 6.46. The zero-order valence-electron chi connectivity index (χ0n) is 15.4. The molecule has 0 radical (unpaired) electrons. The third kappa shape index (κ3) is 4.63. The molecule has 1 aromatic heterocycles. The first-order valence-corrected chi connectivity index (χ1v) is 10.5. The first kappa shape index (κ1) is 19.3. The number of nitrogens with zero attached hydrogens (tertiary/aromatic N) is 1. The van der Waals surface area contributed by atoms with Crippen molar-refractivity contribution in [3.63, 3.8) is 0 Å². The van der Waals surface area contributed by atoms with Gasteiger partial charge >= 0.3 is 0 Å². The molecule has 2 heterocycles. The maximum Gasteiger partial charge on any atom is 0.227 e. The highest BCUT2D eigenvalue weighted by atomic mass is 32.2. The van der Waals surface area contributed by atoms with Crippen molar-refractivity contribution in [3.8, 4) is 11.5 Å². The lowest BCUT2D eigenvalue weighted by Gasteiger charge is -2.28. The summed E-state index contributed by atoms with van der Waals surface area (Å²) in [6.45, 7) is 0.241. The van der Waals surface area contributed by atoms with E-state index in [2.05, 4.69) is 0 Å². The van der Waals surface area contributed by atoms with Crippen molar-refractivity contribution >= 4 is 15.7 Å². The average Bonchev–Trinajstić information content (AvgIpc) is 3.28. The van der Waals surface area contributed by atoms with Crippen LogP contribution in [-0.2, 0) is 27.6 Å². The Morgan fingerprint density at radius 3 is 2.67 bits per heavy atom. The number of carbonyl (C=O) groups is 1. The van der Waals surface area contributed by atoms with E-state index in [4.69, 9.17) is 13.9 Å². The average molecular weight is 393 g/mol. The summed E-state index contributed by atoms with van der Waals surface area (Å²) in [7, 11) is -0.0179. The molecule has 1 amide bonds. The van der Waals surface area contributed by atoms with Crippen molar-refractivity contribution in [1.82, 2.24) is 4.90 Å². The smallest absolute Gasteiger partial charge is 0.227 e. The molecule has 0 saturated carbocycles. The van der Waals surface area contributed by atoms with Crippen molar-refractivity contribution in [2.75, 3.05) is 25.7 Å². The Balaban J connectivity index is 1.82. The van der Waals surface area contributed by atoms with E-state index in [0.29, 0.717) is 29.2 Å². The molecule has 1 aromatic carbocycles. The second-order valence-electron chi connectivity index (χ2n) is 6.51. The molecular formula is C19H23NO6S. The third-order valence-electron chi connectivity index (χ3n) is 4.71. The van der Waals surface area contributed by atoms with E-state index < -0.39 is 9.84 Å². The molecule has 1 aliphatic rings. The molecule has 1 fully saturated rings. The number of amides is 1. The fraction of sp³-hybridized carbons (Fsp3) is 0.421. The molecular weight excluding hydrogens is 370 g/mol. The van der Waals surface area contributed by atoms with Crippen LogP contribution in [0.5, 0.6) is 11.5 Å². The van der Waals surface area contributed by atoms with E-state index in [1.54, 1.807) is 42.3 Å². The van der Waals surface area contributed by atoms with Crippen LogP contribution in [0.25, 0.3) is 0 Å². The first-order chi connectivity index (χ1) is 12.9. The fourth-order valence-corrected chi connectivity index (χ4v) is 5.01. The molecule has 8 heteroatoms. The van der Waals surface area contributed by atoms with Crippen LogP contribution in [0.1, 0.15) is 17.7 Å². The molecule has 1 saturated heterocycles. The summed E-state index contributed by atoms with van der Waals surface area (Å²) in [6.07, 6.45) is 2.08. The number of hydrogen-bond acceptors (Lipinski definition) is 6. The number of carbonyl (C=O) groups excluding carboxylic acids is 1. The van der Waals surface area contributed by atoms with Gasteiger partial charge in [0.2, 0.25) is 5.91 Å². The van der Waals surface area contributed by atoms with Gasteiger partial charge in [-0.3, -0.25) is 4.79 Å². The standard InChI is InChI=1S/C19H23NO6S/c1-24-16-6-5-14(18(11-16)25-2)10-19(21)20(12-17-4-3-8-26-17)15-7-9-27(22,23)13-15/h3-6,8,11,15H,7,9-10,12-13H2,1-2H3/t15-/m0/s1. The Morgan fingerprint density at radius 2 is 2.07 bits per heavy atom. The zero-order valence-corrected chi connectivity index (χ0v) is 16.2. The van der Waals surface area contributed by atoms with Crippen LogP contribution >= 0.6 is 0 Å². The summed E-state index contributed by atoms with van der Waals surface area (Å²) in [6, 6.07) is 8.44. The van der Waals surface area contributed by atoms with Gasteiger partial charge in [0, 0.05) is 17.7 Å². The quantitative estimate of drug-likeness (QED) is 0.716. The van der Waals surface area contributed by atoms with Gasteiger partial charge in [0.15, 0.2) is 9.84 Å². The number of rotatable bonds is 7. The Hall–Kier alpha value is -2.48. The molecule has 0 spiro atoms. The molecule has 1 aliphatic heterocycles. The minimum absolute atomic E-state index is 0.0147. The van der Waals surface area contributed by atoms with Gasteiger partial charge in [-0.25, -0.2) is 8.42 Å². The lowest BCUT2D eigenvalue weighted by atomic mass is 10.1. The normalized spacial score (nSPS) is 18.2. The second kappa shape index (κ2) is 8.04. The Bertz CT molecular complexity index is 891. The van der Waals surface area contributed by atoms with Crippen LogP contribution in [0.4, 0.5) is 0 Å². The van der Waals surface area contributed by atoms with Crippen molar-refractivity contribution in [1.29, 1.82) is 0 Å². The van der Waals surface area contributed by atoms with Crippen LogP contribution in [0.15, 0.2) is 41.0 Å². The first-order valence-electron chi connectivity index (χ1n) is 8.65. The van der Waals surface area contributed by atoms with Crippen LogP contribution in [0.2, 0.25) is 0 Å². The maximum atomic E-state index is 13.1. The number of ether oxygens (including phenoxy) is 2. The van der Waals surface area contributed by atoms with Gasteiger partial charge in [-0.2, -0.15) is 0 Å². The van der Waals surface area contributed by atoms with Crippen LogP contribution in [0, 0.1) is 0 Å². The minimum atomic E-state index is -3.11. The second-order valence-corrected chi connectivity index (χ2v) is 8.74. The molecule has 146 valence electrons. The molecule has 1 atom stereocenters. The Morgan fingerprint density at radius 1 is 1.26 bits per heavy atom.